The molecule has 13 heteroatoms. The average Bonchev–Trinajstić information content (AvgIpc) is 3.23. The predicted molar refractivity (Wildman–Crippen MR) is 151 cm³/mol. The summed E-state index contributed by atoms with van der Waals surface area (Å²) < 4.78 is 53.9. The van der Waals surface area contributed by atoms with E-state index in [0.29, 0.717) is 31.0 Å². The summed E-state index contributed by atoms with van der Waals surface area (Å²) >= 11 is 0. The van der Waals surface area contributed by atoms with Gasteiger partial charge in [-0.2, -0.15) is 18.3 Å². The molecule has 3 rings (SSSR count). The number of nitrogens with zero attached hydrogens (tertiary/aromatic N) is 4. The molecular weight excluding hydrogens is 539 g/mol. The van der Waals surface area contributed by atoms with E-state index in [1.807, 2.05) is 32.8 Å². The van der Waals surface area contributed by atoms with Gasteiger partial charge >= 0.3 is 6.18 Å². The molecule has 10 nitrogen and oxygen atoms in total. The van der Waals surface area contributed by atoms with Crippen LogP contribution in [0.1, 0.15) is 35.7 Å². The second-order valence-corrected chi connectivity index (χ2v) is 10.1. The molecule has 0 radical (unpaired) electrons. The van der Waals surface area contributed by atoms with Crippen molar-refractivity contribution >= 4 is 17.3 Å². The smallest absolute Gasteiger partial charge is 0.416 e. The molecule has 0 saturated carbocycles. The Labute approximate surface area is 238 Å². The van der Waals surface area contributed by atoms with Gasteiger partial charge in [-0.1, -0.05) is 13.0 Å². The molecule has 41 heavy (non-hydrogen) atoms. The van der Waals surface area contributed by atoms with Gasteiger partial charge in [-0.15, -0.1) is 0 Å². The van der Waals surface area contributed by atoms with Crippen molar-refractivity contribution in [1.82, 2.24) is 19.7 Å². The van der Waals surface area contributed by atoms with E-state index in [2.05, 4.69) is 10.4 Å². The van der Waals surface area contributed by atoms with Crippen molar-refractivity contribution in [3.8, 4) is 5.75 Å². The highest BCUT2D eigenvalue weighted by Crippen LogP contribution is 2.39. The minimum absolute atomic E-state index is 0.0513. The van der Waals surface area contributed by atoms with Crippen LogP contribution < -0.4 is 21.6 Å². The van der Waals surface area contributed by atoms with Gasteiger partial charge in [-0.25, -0.2) is 5.84 Å². The zero-order chi connectivity index (χ0) is 30.5. The van der Waals surface area contributed by atoms with E-state index in [0.717, 1.165) is 23.4 Å². The van der Waals surface area contributed by atoms with Crippen LogP contribution in [0.25, 0.3) is 5.70 Å². The van der Waals surface area contributed by atoms with E-state index >= 15 is 0 Å². The number of rotatable bonds is 11. The number of likely N-dealkylation sites (N-methyl/N-ethyl adjacent to an activating group) is 1. The summed E-state index contributed by atoms with van der Waals surface area (Å²) in [5.74, 6) is 5.75. The number of aryl methyl sites for hydroxylation is 1. The Morgan fingerprint density at radius 3 is 2.61 bits per heavy atom. The number of allylic oxidation sites excluding steroid dienone is 2. The van der Waals surface area contributed by atoms with Crippen LogP contribution in [0.3, 0.4) is 0 Å². The topological polar surface area (TPSA) is 124 Å². The van der Waals surface area contributed by atoms with Gasteiger partial charge in [0.15, 0.2) is 0 Å². The summed E-state index contributed by atoms with van der Waals surface area (Å²) in [5.41, 5.74) is 8.19. The number of carbonyl (C=O) groups excluding carboxylic acids is 1. The number of benzene rings is 1. The number of hydrazine groups is 1. The van der Waals surface area contributed by atoms with Gasteiger partial charge in [0.25, 0.3) is 5.91 Å². The largest absolute Gasteiger partial charge is 0.494 e. The number of carbonyl (C=O) groups is 1. The fourth-order valence-electron chi connectivity index (χ4n) is 4.27. The van der Waals surface area contributed by atoms with Crippen LogP contribution in [0.5, 0.6) is 5.75 Å². The zero-order valence-electron chi connectivity index (χ0n) is 24.2. The molecule has 1 amide bonds. The van der Waals surface area contributed by atoms with Crippen molar-refractivity contribution in [2.24, 2.45) is 24.5 Å². The highest BCUT2D eigenvalue weighted by Gasteiger charge is 2.33. The highest BCUT2D eigenvalue weighted by molar-refractivity contribution is 6.07. The summed E-state index contributed by atoms with van der Waals surface area (Å²) in [6, 6.07) is 1.82. The number of anilines is 1. The summed E-state index contributed by atoms with van der Waals surface area (Å²) in [6.07, 6.45) is 2.32. The van der Waals surface area contributed by atoms with Gasteiger partial charge in [0.05, 0.1) is 43.5 Å². The van der Waals surface area contributed by atoms with Crippen LogP contribution in [0.15, 0.2) is 48.0 Å². The maximum atomic E-state index is 13.7. The van der Waals surface area contributed by atoms with Crippen molar-refractivity contribution in [3.63, 3.8) is 0 Å². The standard InChI is InChI=1S/C28H38F3N7O3/c1-17-7-8-19(12-25(17)38(33)15-23(32)22-14-34-37(5)18(22)2)27(39)35-24-13-21(28(29,30)31)11-20(26(24)40-6)16-41-10-9-36(3)4/h8,11-15,17H,7,9-10,16,32-33H2,1-6H3,(H,35,39)/b23-15-. The third-order valence-electron chi connectivity index (χ3n) is 6.77. The molecule has 0 bridgehead atoms. The second-order valence-electron chi connectivity index (χ2n) is 10.1. The number of amides is 1. The molecule has 1 aliphatic carbocycles. The average molecular weight is 578 g/mol. The number of halogens is 3. The van der Waals surface area contributed by atoms with E-state index in [1.54, 1.807) is 36.3 Å². The molecule has 1 aromatic carbocycles. The molecule has 1 atom stereocenters. The highest BCUT2D eigenvalue weighted by atomic mass is 19.4. The third kappa shape index (κ3) is 7.90. The predicted octanol–water partition coefficient (Wildman–Crippen LogP) is 3.76. The van der Waals surface area contributed by atoms with Gasteiger partial charge in [-0.05, 0) is 45.6 Å². The Morgan fingerprint density at radius 2 is 2.02 bits per heavy atom. The number of nitrogens with one attached hydrogen (secondary N) is 1. The zero-order valence-corrected chi connectivity index (χ0v) is 24.2. The lowest BCUT2D eigenvalue weighted by molar-refractivity contribution is -0.137. The van der Waals surface area contributed by atoms with Crippen LogP contribution in [-0.2, 0) is 29.4 Å². The Morgan fingerprint density at radius 1 is 1.32 bits per heavy atom. The first-order valence-electron chi connectivity index (χ1n) is 13.0. The maximum Gasteiger partial charge on any atom is 0.416 e. The van der Waals surface area contributed by atoms with E-state index in [-0.39, 0.29) is 35.1 Å². The van der Waals surface area contributed by atoms with Crippen molar-refractivity contribution in [3.05, 3.63) is 70.3 Å². The fourth-order valence-corrected chi connectivity index (χ4v) is 4.27. The van der Waals surface area contributed by atoms with E-state index in [4.69, 9.17) is 21.1 Å². The Bertz CT molecular complexity index is 1350. The first kappa shape index (κ1) is 31.7. The number of aromatic nitrogens is 2. The molecule has 224 valence electrons. The summed E-state index contributed by atoms with van der Waals surface area (Å²) in [4.78, 5) is 15.2. The lowest BCUT2D eigenvalue weighted by Crippen LogP contribution is -2.31. The molecule has 5 N–H and O–H groups in total. The number of hydrogen-bond acceptors (Lipinski definition) is 8. The molecule has 1 aliphatic rings. The Balaban J connectivity index is 1.88. The van der Waals surface area contributed by atoms with E-state index in [1.165, 1.54) is 12.1 Å². The van der Waals surface area contributed by atoms with Crippen LogP contribution in [-0.4, -0.2) is 60.0 Å². The van der Waals surface area contributed by atoms with Crippen molar-refractivity contribution in [1.29, 1.82) is 0 Å². The van der Waals surface area contributed by atoms with Crippen molar-refractivity contribution in [2.45, 2.75) is 33.1 Å². The number of methoxy groups -OCH3 is 1. The van der Waals surface area contributed by atoms with Crippen molar-refractivity contribution < 1.29 is 27.4 Å². The number of ether oxygens (including phenoxy) is 2. The first-order valence-corrected chi connectivity index (χ1v) is 13.0. The Hall–Kier alpha value is -3.81. The number of nitrogens with two attached hydrogens (primary N) is 2. The SMILES string of the molecule is COc1c(COCCN(C)C)cc(C(F)(F)F)cc1NC(=O)C1=CCC(C)C(N(N)/C=C(\N)c2cnn(C)c2C)=C1. The normalized spacial score (nSPS) is 16.0. The Kier molecular flexibility index (Phi) is 10.2. The first-order chi connectivity index (χ1) is 19.2. The van der Waals surface area contributed by atoms with Crippen molar-refractivity contribution in [2.75, 3.05) is 39.7 Å². The van der Waals surface area contributed by atoms with Gasteiger partial charge in [0, 0.05) is 53.8 Å². The minimum Gasteiger partial charge on any atom is -0.494 e. The third-order valence-corrected chi connectivity index (χ3v) is 6.77. The molecule has 0 fully saturated rings. The lowest BCUT2D eigenvalue weighted by Gasteiger charge is -2.27. The quantitative estimate of drug-likeness (QED) is 0.210. The van der Waals surface area contributed by atoms with Crippen LogP contribution in [0.2, 0.25) is 0 Å². The monoisotopic (exact) mass is 577 g/mol. The maximum absolute atomic E-state index is 13.7. The summed E-state index contributed by atoms with van der Waals surface area (Å²) in [7, 11) is 6.85. The number of alkyl halides is 3. The van der Waals surface area contributed by atoms with Crippen LogP contribution in [0, 0.1) is 12.8 Å². The van der Waals surface area contributed by atoms with E-state index < -0.39 is 17.6 Å². The minimum atomic E-state index is -4.64. The molecule has 1 unspecified atom stereocenters. The van der Waals surface area contributed by atoms with Gasteiger partial charge in [0.1, 0.15) is 5.75 Å². The summed E-state index contributed by atoms with van der Waals surface area (Å²) in [6.45, 7) is 4.59. The summed E-state index contributed by atoms with van der Waals surface area (Å²) in [5, 5.41) is 8.13. The van der Waals surface area contributed by atoms with Gasteiger partial charge < -0.3 is 25.4 Å². The van der Waals surface area contributed by atoms with Crippen LogP contribution >= 0.6 is 0 Å². The fraction of sp³-hybridized carbons (Fsp3) is 0.429. The molecule has 1 heterocycles. The molecule has 0 spiro atoms. The lowest BCUT2D eigenvalue weighted by atomic mass is 9.93. The second kappa shape index (κ2) is 13.2. The molecule has 0 saturated heterocycles. The van der Waals surface area contributed by atoms with Crippen LogP contribution in [0.4, 0.5) is 18.9 Å². The molecule has 1 aromatic heterocycles. The van der Waals surface area contributed by atoms with Gasteiger partial charge in [-0.3, -0.25) is 14.5 Å². The molecule has 2 aromatic rings. The molecule has 0 aliphatic heterocycles. The number of hydrogen-bond donors (Lipinski definition) is 3. The van der Waals surface area contributed by atoms with Gasteiger partial charge in [0.2, 0.25) is 0 Å². The van der Waals surface area contributed by atoms with E-state index in [9.17, 15) is 18.0 Å². The molecular formula is C28H38F3N7O3.